The minimum atomic E-state index is -0.778. The van der Waals surface area contributed by atoms with E-state index in [2.05, 4.69) is 15.3 Å². The molecule has 37 heavy (non-hydrogen) atoms. The minimum Gasteiger partial charge on any atom is -0.393 e. The van der Waals surface area contributed by atoms with E-state index in [0.29, 0.717) is 54.3 Å². The molecule has 0 saturated carbocycles. The lowest BCUT2D eigenvalue weighted by Gasteiger charge is -2.33. The third-order valence-electron chi connectivity index (χ3n) is 6.45. The third kappa shape index (κ3) is 5.58. The summed E-state index contributed by atoms with van der Waals surface area (Å²) in [5.74, 6) is -0.173. The van der Waals surface area contributed by atoms with E-state index in [4.69, 9.17) is 23.2 Å². The Hall–Kier alpha value is -3.53. The van der Waals surface area contributed by atoms with Crippen molar-refractivity contribution in [2.45, 2.75) is 31.4 Å². The van der Waals surface area contributed by atoms with Crippen LogP contribution in [0, 0.1) is 0 Å². The highest BCUT2D eigenvalue weighted by Crippen LogP contribution is 2.28. The Balaban J connectivity index is 1.53. The van der Waals surface area contributed by atoms with Crippen LogP contribution in [0.15, 0.2) is 71.9 Å². The maximum absolute atomic E-state index is 13.6. The fourth-order valence-electron chi connectivity index (χ4n) is 4.50. The number of halogens is 2. The summed E-state index contributed by atoms with van der Waals surface area (Å²) in [6.45, 7) is 0.885. The van der Waals surface area contributed by atoms with Gasteiger partial charge in [0.2, 0.25) is 5.91 Å². The van der Waals surface area contributed by atoms with Crippen LogP contribution in [0.1, 0.15) is 24.4 Å². The molecule has 0 radical (unpaired) electrons. The first-order valence-electron chi connectivity index (χ1n) is 11.9. The summed E-state index contributed by atoms with van der Waals surface area (Å²) >= 11 is 12.2. The minimum absolute atomic E-state index is 0.173. The van der Waals surface area contributed by atoms with Gasteiger partial charge in [0.25, 0.3) is 5.56 Å². The van der Waals surface area contributed by atoms with Gasteiger partial charge in [-0.05, 0) is 36.6 Å². The molecule has 11 heteroatoms. The lowest BCUT2D eigenvalue weighted by molar-refractivity contribution is -0.136. The van der Waals surface area contributed by atoms with Crippen molar-refractivity contribution >= 4 is 29.1 Å². The van der Waals surface area contributed by atoms with Gasteiger partial charge in [-0.3, -0.25) is 14.2 Å². The van der Waals surface area contributed by atoms with Gasteiger partial charge in [0, 0.05) is 36.2 Å². The van der Waals surface area contributed by atoms with Gasteiger partial charge >= 0.3 is 0 Å². The molecule has 2 aromatic heterocycles. The predicted molar refractivity (Wildman–Crippen MR) is 140 cm³/mol. The maximum Gasteiger partial charge on any atom is 0.254 e. The molecule has 0 bridgehead atoms. The van der Waals surface area contributed by atoms with Gasteiger partial charge in [-0.15, -0.1) is 5.10 Å². The van der Waals surface area contributed by atoms with Crippen molar-refractivity contribution in [1.29, 1.82) is 0 Å². The second kappa shape index (κ2) is 10.8. The molecule has 1 atom stereocenters. The van der Waals surface area contributed by atoms with E-state index in [-0.39, 0.29) is 16.6 Å². The van der Waals surface area contributed by atoms with Crippen molar-refractivity contribution in [3.63, 3.8) is 0 Å². The summed E-state index contributed by atoms with van der Waals surface area (Å²) in [4.78, 5) is 33.3. The van der Waals surface area contributed by atoms with Crippen molar-refractivity contribution in [2.75, 3.05) is 13.1 Å². The summed E-state index contributed by atoms with van der Waals surface area (Å²) in [5.41, 5.74) is 2.08. The molecule has 0 aliphatic carbocycles. The van der Waals surface area contributed by atoms with Crippen LogP contribution in [0.25, 0.3) is 16.9 Å². The normalized spacial score (nSPS) is 15.1. The van der Waals surface area contributed by atoms with E-state index in [1.807, 2.05) is 30.3 Å². The van der Waals surface area contributed by atoms with Crippen molar-refractivity contribution in [2.24, 2.45) is 0 Å². The van der Waals surface area contributed by atoms with Crippen LogP contribution in [-0.2, 0) is 11.2 Å². The number of hydrogen-bond acceptors (Lipinski definition) is 6. The van der Waals surface area contributed by atoms with Crippen molar-refractivity contribution < 1.29 is 9.90 Å². The molecule has 0 spiro atoms. The molecule has 3 heterocycles. The summed E-state index contributed by atoms with van der Waals surface area (Å²) < 4.78 is 2.86. The summed E-state index contributed by atoms with van der Waals surface area (Å²) in [6.07, 6.45) is 3.90. The Morgan fingerprint density at radius 3 is 2.51 bits per heavy atom. The van der Waals surface area contributed by atoms with E-state index in [1.54, 1.807) is 29.3 Å². The molecular weight excluding hydrogens is 515 g/mol. The van der Waals surface area contributed by atoms with Crippen LogP contribution in [0.5, 0.6) is 0 Å². The molecular formula is C26H24Cl2N6O3. The van der Waals surface area contributed by atoms with Gasteiger partial charge in [-0.2, -0.15) is 0 Å². The number of amides is 1. The van der Waals surface area contributed by atoms with Gasteiger partial charge < -0.3 is 10.0 Å². The Morgan fingerprint density at radius 1 is 1.08 bits per heavy atom. The zero-order valence-electron chi connectivity index (χ0n) is 19.7. The Kier molecular flexibility index (Phi) is 7.36. The Labute approximate surface area is 222 Å². The number of aliphatic hydroxyl groups is 1. The average molecular weight is 539 g/mol. The van der Waals surface area contributed by atoms with Gasteiger partial charge in [0.15, 0.2) is 5.15 Å². The molecule has 0 unspecified atom stereocenters. The second-order valence-electron chi connectivity index (χ2n) is 8.93. The molecule has 1 aliphatic rings. The highest BCUT2D eigenvalue weighted by molar-refractivity contribution is 6.31. The molecule has 1 aliphatic heterocycles. The number of hydrogen-bond donors (Lipinski definition) is 1. The molecule has 190 valence electrons. The smallest absolute Gasteiger partial charge is 0.254 e. The first kappa shape index (κ1) is 25.1. The molecule has 9 nitrogen and oxygen atoms in total. The summed E-state index contributed by atoms with van der Waals surface area (Å²) in [5, 5.41) is 18.4. The molecule has 1 saturated heterocycles. The van der Waals surface area contributed by atoms with E-state index < -0.39 is 12.1 Å². The van der Waals surface area contributed by atoms with Crippen LogP contribution in [0.2, 0.25) is 10.2 Å². The molecule has 5 rings (SSSR count). The van der Waals surface area contributed by atoms with Gasteiger partial charge in [-0.1, -0.05) is 58.7 Å². The number of aromatic nitrogens is 5. The van der Waals surface area contributed by atoms with Gasteiger partial charge in [-0.25, -0.2) is 9.67 Å². The van der Waals surface area contributed by atoms with E-state index >= 15 is 0 Å². The molecule has 2 aromatic carbocycles. The zero-order valence-corrected chi connectivity index (χ0v) is 21.3. The molecule has 1 N–H and O–H groups in total. The van der Waals surface area contributed by atoms with Crippen molar-refractivity contribution in [3.05, 3.63) is 93.2 Å². The number of likely N-dealkylation sites (tertiary alicyclic amines) is 1. The summed E-state index contributed by atoms with van der Waals surface area (Å²) in [6, 6.07) is 15.3. The monoisotopic (exact) mass is 538 g/mol. The topological polar surface area (TPSA) is 106 Å². The standard InChI is InChI=1S/C26H24Cl2N6O3/c27-18-6-7-22(34-15-24(28)30-31-34)20(13-18)21-14-25(36)33(16-29-21)23(12-17-4-2-1-3-5-17)26(37)32-10-8-19(35)9-11-32/h1-7,13-16,19,23,35H,8-12H2/t23-/m0/s1. The van der Waals surface area contributed by atoms with E-state index in [0.717, 1.165) is 5.56 Å². The van der Waals surface area contributed by atoms with Gasteiger partial charge in [0.1, 0.15) is 6.04 Å². The molecule has 4 aromatic rings. The van der Waals surface area contributed by atoms with Crippen LogP contribution in [0.4, 0.5) is 0 Å². The van der Waals surface area contributed by atoms with E-state index in [9.17, 15) is 14.7 Å². The van der Waals surface area contributed by atoms with E-state index in [1.165, 1.54) is 21.6 Å². The van der Waals surface area contributed by atoms with Crippen molar-refractivity contribution in [1.82, 2.24) is 29.4 Å². The van der Waals surface area contributed by atoms with Crippen LogP contribution < -0.4 is 5.56 Å². The third-order valence-corrected chi connectivity index (χ3v) is 6.86. The lowest BCUT2D eigenvalue weighted by atomic mass is 10.0. The highest BCUT2D eigenvalue weighted by atomic mass is 35.5. The quantitative estimate of drug-likeness (QED) is 0.402. The molecule has 1 fully saturated rings. The zero-order chi connectivity index (χ0) is 25.9. The maximum atomic E-state index is 13.6. The van der Waals surface area contributed by atoms with Crippen LogP contribution in [0.3, 0.4) is 0 Å². The average Bonchev–Trinajstić information content (AvgIpc) is 3.34. The number of benzene rings is 2. The lowest BCUT2D eigenvalue weighted by Crippen LogP contribution is -2.45. The second-order valence-corrected chi connectivity index (χ2v) is 9.75. The van der Waals surface area contributed by atoms with Crippen LogP contribution in [-0.4, -0.2) is 59.7 Å². The Bertz CT molecular complexity index is 1460. The van der Waals surface area contributed by atoms with Gasteiger partial charge in [0.05, 0.1) is 30.0 Å². The number of rotatable bonds is 6. The number of piperidine rings is 1. The fraction of sp³-hybridized carbons (Fsp3) is 0.269. The predicted octanol–water partition coefficient (Wildman–Crippen LogP) is 3.56. The number of carbonyl (C=O) groups is 1. The number of aliphatic hydroxyl groups excluding tert-OH is 1. The number of carbonyl (C=O) groups excluding carboxylic acids is 1. The number of nitrogens with zero attached hydrogens (tertiary/aromatic N) is 6. The SMILES string of the molecule is O=C([C@H](Cc1ccccc1)n1cnc(-c2cc(Cl)ccc2-n2cc(Cl)nn2)cc1=O)N1CCC(O)CC1. The first-order chi connectivity index (χ1) is 17.9. The largest absolute Gasteiger partial charge is 0.393 e. The van der Waals surface area contributed by atoms with Crippen LogP contribution >= 0.6 is 23.2 Å². The summed E-state index contributed by atoms with van der Waals surface area (Å²) in [7, 11) is 0. The Morgan fingerprint density at radius 2 is 1.84 bits per heavy atom. The first-order valence-corrected chi connectivity index (χ1v) is 12.6. The van der Waals surface area contributed by atoms with Crippen molar-refractivity contribution in [3.8, 4) is 16.9 Å². The highest BCUT2D eigenvalue weighted by Gasteiger charge is 2.30. The molecule has 1 amide bonds. The fourth-order valence-corrected chi connectivity index (χ4v) is 4.80.